The molecule has 0 aliphatic heterocycles. The molecular formula is C15H23NO4. The Balaban J connectivity index is 3.16. The molecule has 0 amide bonds. The summed E-state index contributed by atoms with van der Waals surface area (Å²) in [5, 5.41) is 13.4. The molecule has 20 heavy (non-hydrogen) atoms. The smallest absolute Gasteiger partial charge is 0.327 e. The molecule has 1 aromatic rings. The molecule has 2 N–H and O–H groups in total. The van der Waals surface area contributed by atoms with Crippen molar-refractivity contribution in [3.8, 4) is 11.5 Å². The van der Waals surface area contributed by atoms with E-state index in [2.05, 4.69) is 5.32 Å². The highest BCUT2D eigenvalue weighted by Crippen LogP contribution is 2.36. The van der Waals surface area contributed by atoms with Crippen LogP contribution in [0.4, 0.5) is 0 Å². The van der Waals surface area contributed by atoms with E-state index >= 15 is 0 Å². The van der Waals surface area contributed by atoms with Gasteiger partial charge in [-0.05, 0) is 32.4 Å². The topological polar surface area (TPSA) is 67.8 Å². The molecule has 0 saturated carbocycles. The molecule has 5 heteroatoms. The maximum atomic E-state index is 12.0. The third-order valence-electron chi connectivity index (χ3n) is 3.00. The monoisotopic (exact) mass is 281 g/mol. The highest BCUT2D eigenvalue weighted by Gasteiger charge is 2.26. The highest BCUT2D eigenvalue weighted by atomic mass is 16.5. The number of carbonyl (C=O) groups is 1. The Bertz CT molecular complexity index is 459. The molecule has 112 valence electrons. The van der Waals surface area contributed by atoms with Gasteiger partial charge >= 0.3 is 5.97 Å². The fourth-order valence-corrected chi connectivity index (χ4v) is 2.01. The Morgan fingerprint density at radius 3 is 2.65 bits per heavy atom. The minimum atomic E-state index is -0.690. The second-order valence-electron chi connectivity index (χ2n) is 4.49. The maximum absolute atomic E-state index is 12.0. The minimum absolute atomic E-state index is 0.0193. The van der Waals surface area contributed by atoms with Crippen molar-refractivity contribution in [3.05, 3.63) is 23.3 Å². The first-order chi connectivity index (χ1) is 9.56. The zero-order valence-electron chi connectivity index (χ0n) is 12.5. The number of ether oxygens (including phenoxy) is 2. The van der Waals surface area contributed by atoms with Gasteiger partial charge < -0.3 is 19.9 Å². The van der Waals surface area contributed by atoms with Crippen LogP contribution in [-0.2, 0) is 9.53 Å². The quantitative estimate of drug-likeness (QED) is 0.751. The summed E-state index contributed by atoms with van der Waals surface area (Å²) < 4.78 is 10.2. The van der Waals surface area contributed by atoms with Crippen molar-refractivity contribution in [2.45, 2.75) is 33.2 Å². The zero-order chi connectivity index (χ0) is 15.1. The van der Waals surface area contributed by atoms with Crippen molar-refractivity contribution in [3.63, 3.8) is 0 Å². The lowest BCUT2D eigenvalue weighted by molar-refractivity contribution is -0.145. The zero-order valence-corrected chi connectivity index (χ0v) is 12.5. The molecule has 0 spiro atoms. The average molecular weight is 281 g/mol. The Labute approximate surface area is 119 Å². The first-order valence-corrected chi connectivity index (χ1v) is 6.83. The number of hydrogen-bond acceptors (Lipinski definition) is 5. The highest BCUT2D eigenvalue weighted by molar-refractivity contribution is 5.79. The number of benzene rings is 1. The van der Waals surface area contributed by atoms with Gasteiger partial charge in [-0.3, -0.25) is 0 Å². The van der Waals surface area contributed by atoms with Crippen LogP contribution in [0.15, 0.2) is 12.1 Å². The standard InChI is InChI=1S/C15H23NO4/c1-5-9-16-12(15(18)20-6-2)11-8-7-10(3)14(19-4)13(11)17/h7-8,12,16-17H,5-6,9H2,1-4H3. The SMILES string of the molecule is CCCNC(C(=O)OCC)c1ccc(C)c(OC)c1O. The molecular weight excluding hydrogens is 258 g/mol. The van der Waals surface area contributed by atoms with E-state index in [0.717, 1.165) is 12.0 Å². The number of methoxy groups -OCH3 is 1. The fourth-order valence-electron chi connectivity index (χ4n) is 2.01. The lowest BCUT2D eigenvalue weighted by Crippen LogP contribution is -2.31. The number of carbonyl (C=O) groups excluding carboxylic acids is 1. The molecule has 0 aliphatic rings. The normalized spacial score (nSPS) is 12.0. The van der Waals surface area contributed by atoms with Gasteiger partial charge in [0.2, 0.25) is 0 Å². The van der Waals surface area contributed by atoms with Crippen molar-refractivity contribution in [1.82, 2.24) is 5.32 Å². The van der Waals surface area contributed by atoms with Crippen LogP contribution in [0, 0.1) is 6.92 Å². The predicted molar refractivity (Wildman–Crippen MR) is 77.1 cm³/mol. The van der Waals surface area contributed by atoms with Gasteiger partial charge in [-0.25, -0.2) is 4.79 Å². The summed E-state index contributed by atoms with van der Waals surface area (Å²) in [4.78, 5) is 12.0. The van der Waals surface area contributed by atoms with Crippen LogP contribution in [-0.4, -0.2) is 31.3 Å². The second-order valence-corrected chi connectivity index (χ2v) is 4.49. The number of aromatic hydroxyl groups is 1. The van der Waals surface area contributed by atoms with E-state index in [0.29, 0.717) is 24.5 Å². The van der Waals surface area contributed by atoms with E-state index in [4.69, 9.17) is 9.47 Å². The number of nitrogens with one attached hydrogen (secondary N) is 1. The third-order valence-corrected chi connectivity index (χ3v) is 3.00. The molecule has 1 aromatic carbocycles. The van der Waals surface area contributed by atoms with Gasteiger partial charge in [0, 0.05) is 5.56 Å². The summed E-state index contributed by atoms with van der Waals surface area (Å²) in [7, 11) is 1.49. The van der Waals surface area contributed by atoms with Gasteiger partial charge in [0.1, 0.15) is 6.04 Å². The van der Waals surface area contributed by atoms with Crippen molar-refractivity contribution in [2.24, 2.45) is 0 Å². The summed E-state index contributed by atoms with van der Waals surface area (Å²) in [5.41, 5.74) is 1.28. The Kier molecular flexibility index (Phi) is 6.31. The number of phenols is 1. The van der Waals surface area contributed by atoms with E-state index in [1.165, 1.54) is 7.11 Å². The van der Waals surface area contributed by atoms with Crippen molar-refractivity contribution >= 4 is 5.97 Å². The van der Waals surface area contributed by atoms with Crippen LogP contribution >= 0.6 is 0 Å². The van der Waals surface area contributed by atoms with Gasteiger partial charge in [0.05, 0.1) is 13.7 Å². The molecule has 5 nitrogen and oxygen atoms in total. The maximum Gasteiger partial charge on any atom is 0.327 e. The second kappa shape index (κ2) is 7.75. The summed E-state index contributed by atoms with van der Waals surface area (Å²) in [6.45, 7) is 6.54. The molecule has 0 saturated heterocycles. The Morgan fingerprint density at radius 2 is 2.10 bits per heavy atom. The van der Waals surface area contributed by atoms with Crippen LogP contribution in [0.2, 0.25) is 0 Å². The van der Waals surface area contributed by atoms with E-state index in [-0.39, 0.29) is 5.75 Å². The van der Waals surface area contributed by atoms with Gasteiger partial charge in [-0.1, -0.05) is 19.1 Å². The molecule has 1 atom stereocenters. The molecule has 0 heterocycles. The largest absolute Gasteiger partial charge is 0.504 e. The lowest BCUT2D eigenvalue weighted by Gasteiger charge is -2.20. The molecule has 0 bridgehead atoms. The van der Waals surface area contributed by atoms with E-state index < -0.39 is 12.0 Å². The Morgan fingerprint density at radius 1 is 1.40 bits per heavy atom. The average Bonchev–Trinajstić information content (AvgIpc) is 2.42. The third kappa shape index (κ3) is 3.63. The van der Waals surface area contributed by atoms with Gasteiger partial charge in [-0.2, -0.15) is 0 Å². The van der Waals surface area contributed by atoms with Crippen LogP contribution in [0.25, 0.3) is 0 Å². The number of aryl methyl sites for hydroxylation is 1. The lowest BCUT2D eigenvalue weighted by atomic mass is 10.0. The molecule has 1 unspecified atom stereocenters. The molecule has 0 fully saturated rings. The van der Waals surface area contributed by atoms with Crippen LogP contribution in [0.3, 0.4) is 0 Å². The molecule has 0 radical (unpaired) electrons. The van der Waals surface area contributed by atoms with Crippen molar-refractivity contribution < 1.29 is 19.4 Å². The first kappa shape index (κ1) is 16.3. The van der Waals surface area contributed by atoms with Gasteiger partial charge in [0.15, 0.2) is 11.5 Å². The van der Waals surface area contributed by atoms with Crippen molar-refractivity contribution in [1.29, 1.82) is 0 Å². The summed E-state index contributed by atoms with van der Waals surface area (Å²) >= 11 is 0. The predicted octanol–water partition coefficient (Wildman–Crippen LogP) is 2.31. The first-order valence-electron chi connectivity index (χ1n) is 6.83. The van der Waals surface area contributed by atoms with E-state index in [1.807, 2.05) is 19.9 Å². The van der Waals surface area contributed by atoms with Crippen LogP contribution < -0.4 is 10.1 Å². The van der Waals surface area contributed by atoms with E-state index in [1.54, 1.807) is 13.0 Å². The number of phenolic OH excluding ortho intramolecular Hbond substituents is 1. The fraction of sp³-hybridized carbons (Fsp3) is 0.533. The van der Waals surface area contributed by atoms with E-state index in [9.17, 15) is 9.90 Å². The van der Waals surface area contributed by atoms with Gasteiger partial charge in [0.25, 0.3) is 0 Å². The van der Waals surface area contributed by atoms with Crippen molar-refractivity contribution in [2.75, 3.05) is 20.3 Å². The number of rotatable bonds is 7. The number of hydrogen-bond donors (Lipinski definition) is 2. The summed E-state index contributed by atoms with van der Waals surface area (Å²) in [5.74, 6) is -0.0357. The van der Waals surface area contributed by atoms with Crippen LogP contribution in [0.5, 0.6) is 11.5 Å². The summed E-state index contributed by atoms with van der Waals surface area (Å²) in [6.07, 6.45) is 0.875. The minimum Gasteiger partial charge on any atom is -0.504 e. The van der Waals surface area contributed by atoms with Gasteiger partial charge in [-0.15, -0.1) is 0 Å². The Hall–Kier alpha value is -1.75. The number of esters is 1. The molecule has 0 aliphatic carbocycles. The molecule has 1 rings (SSSR count). The summed E-state index contributed by atoms with van der Waals surface area (Å²) in [6, 6.07) is 2.84. The molecule has 0 aromatic heterocycles. The van der Waals surface area contributed by atoms with Crippen LogP contribution in [0.1, 0.15) is 37.4 Å².